The minimum atomic E-state index is -0.298. The monoisotopic (exact) mass is 545 g/mol. The van der Waals surface area contributed by atoms with E-state index < -0.39 is 0 Å². The van der Waals surface area contributed by atoms with Crippen molar-refractivity contribution in [2.45, 2.75) is 45.6 Å². The molecule has 41 heavy (non-hydrogen) atoms. The fourth-order valence-electron chi connectivity index (χ4n) is 5.81. The maximum atomic E-state index is 12.9. The van der Waals surface area contributed by atoms with Crippen LogP contribution in [0, 0.1) is 6.92 Å². The van der Waals surface area contributed by atoms with Crippen molar-refractivity contribution in [1.82, 2.24) is 19.7 Å². The summed E-state index contributed by atoms with van der Waals surface area (Å²) < 4.78 is 2.19. The molecule has 6 rings (SSSR count). The molecule has 0 fully saturated rings. The SMILES string of the molecule is CCc1nc(-c2ccc(NC(=O)Nc3cccc(C)c3)c3ccccc23)c2c(N)ncc(C3=CCC(NC)CC3)n12. The number of nitrogens with zero attached hydrogens (tertiary/aromatic N) is 3. The van der Waals surface area contributed by atoms with E-state index in [0.717, 1.165) is 76.0 Å². The molecule has 0 bridgehead atoms. The Labute approximate surface area is 239 Å². The number of amides is 2. The second-order valence-electron chi connectivity index (χ2n) is 10.6. The Kier molecular flexibility index (Phi) is 7.15. The average Bonchev–Trinajstić information content (AvgIpc) is 3.38. The lowest BCUT2D eigenvalue weighted by atomic mass is 9.93. The number of carbonyl (C=O) groups excluding carboxylic acids is 1. The van der Waals surface area contributed by atoms with Crippen molar-refractivity contribution in [3.63, 3.8) is 0 Å². The van der Waals surface area contributed by atoms with Gasteiger partial charge in [-0.3, -0.25) is 4.40 Å². The van der Waals surface area contributed by atoms with E-state index in [4.69, 9.17) is 10.7 Å². The number of aryl methyl sites for hydroxylation is 2. The number of nitrogens with one attached hydrogen (secondary N) is 3. The van der Waals surface area contributed by atoms with E-state index in [-0.39, 0.29) is 6.03 Å². The van der Waals surface area contributed by atoms with Crippen molar-refractivity contribution >= 4 is 45.1 Å². The van der Waals surface area contributed by atoms with Crippen LogP contribution in [-0.4, -0.2) is 33.5 Å². The van der Waals surface area contributed by atoms with E-state index >= 15 is 0 Å². The molecular weight excluding hydrogens is 510 g/mol. The van der Waals surface area contributed by atoms with Crippen molar-refractivity contribution in [1.29, 1.82) is 0 Å². The highest BCUT2D eigenvalue weighted by Crippen LogP contribution is 2.38. The van der Waals surface area contributed by atoms with Gasteiger partial charge in [-0.2, -0.15) is 0 Å². The maximum Gasteiger partial charge on any atom is 0.323 e. The number of imidazole rings is 1. The zero-order valence-electron chi connectivity index (χ0n) is 23.7. The highest BCUT2D eigenvalue weighted by Gasteiger charge is 2.23. The van der Waals surface area contributed by atoms with Crippen molar-refractivity contribution in [3.05, 3.63) is 90.0 Å². The molecule has 1 aliphatic rings. The summed E-state index contributed by atoms with van der Waals surface area (Å²) in [5.41, 5.74) is 14.0. The molecule has 2 aromatic heterocycles. The quantitative estimate of drug-likeness (QED) is 0.188. The molecule has 1 atom stereocenters. The van der Waals surface area contributed by atoms with E-state index in [2.05, 4.69) is 44.4 Å². The summed E-state index contributed by atoms with van der Waals surface area (Å²) in [6.07, 6.45) is 7.98. The van der Waals surface area contributed by atoms with Crippen LogP contribution in [0.15, 0.2) is 72.9 Å². The summed E-state index contributed by atoms with van der Waals surface area (Å²) >= 11 is 0. The van der Waals surface area contributed by atoms with E-state index in [9.17, 15) is 4.79 Å². The number of benzene rings is 3. The number of allylic oxidation sites excluding steroid dienone is 1. The first-order valence-corrected chi connectivity index (χ1v) is 14.2. The van der Waals surface area contributed by atoms with Crippen LogP contribution in [0.4, 0.5) is 22.0 Å². The lowest BCUT2D eigenvalue weighted by Crippen LogP contribution is -2.26. The van der Waals surface area contributed by atoms with Crippen LogP contribution in [-0.2, 0) is 6.42 Å². The fraction of sp³-hybridized carbons (Fsp3) is 0.242. The van der Waals surface area contributed by atoms with Crippen molar-refractivity contribution in [2.24, 2.45) is 0 Å². The summed E-state index contributed by atoms with van der Waals surface area (Å²) in [5, 5.41) is 11.2. The number of fused-ring (bicyclic) bond motifs is 2. The van der Waals surface area contributed by atoms with Gasteiger partial charge in [0.1, 0.15) is 22.9 Å². The third-order valence-electron chi connectivity index (χ3n) is 7.92. The molecule has 0 aliphatic heterocycles. The third-order valence-corrected chi connectivity index (χ3v) is 7.92. The van der Waals surface area contributed by atoms with Crippen LogP contribution < -0.4 is 21.7 Å². The highest BCUT2D eigenvalue weighted by atomic mass is 16.2. The van der Waals surface area contributed by atoms with Gasteiger partial charge in [0.05, 0.1) is 17.6 Å². The maximum absolute atomic E-state index is 12.9. The summed E-state index contributed by atoms with van der Waals surface area (Å²) in [6.45, 7) is 4.11. The number of rotatable bonds is 6. The third kappa shape index (κ3) is 5.02. The highest BCUT2D eigenvalue weighted by molar-refractivity contribution is 6.11. The normalized spacial score (nSPS) is 15.2. The largest absolute Gasteiger partial charge is 0.382 e. The molecular formula is C33H35N7O. The summed E-state index contributed by atoms with van der Waals surface area (Å²) in [7, 11) is 2.02. The van der Waals surface area contributed by atoms with Crippen molar-refractivity contribution in [3.8, 4) is 11.3 Å². The van der Waals surface area contributed by atoms with Gasteiger partial charge in [0.15, 0.2) is 0 Å². The Balaban J connectivity index is 1.43. The topological polar surface area (TPSA) is 109 Å². The number of carbonyl (C=O) groups is 1. The predicted octanol–water partition coefficient (Wildman–Crippen LogP) is 6.80. The van der Waals surface area contributed by atoms with Gasteiger partial charge in [-0.15, -0.1) is 0 Å². The molecule has 208 valence electrons. The van der Waals surface area contributed by atoms with E-state index in [1.807, 2.05) is 74.8 Å². The van der Waals surface area contributed by atoms with Gasteiger partial charge in [-0.1, -0.05) is 55.5 Å². The van der Waals surface area contributed by atoms with E-state index in [1.54, 1.807) is 0 Å². The van der Waals surface area contributed by atoms with E-state index in [0.29, 0.717) is 17.5 Å². The van der Waals surface area contributed by atoms with Gasteiger partial charge in [0, 0.05) is 29.1 Å². The van der Waals surface area contributed by atoms with Crippen LogP contribution in [0.25, 0.3) is 33.1 Å². The molecule has 1 aliphatic carbocycles. The van der Waals surface area contributed by atoms with Crippen LogP contribution in [0.3, 0.4) is 0 Å². The summed E-state index contributed by atoms with van der Waals surface area (Å²) in [6, 6.07) is 19.9. The van der Waals surface area contributed by atoms with Gasteiger partial charge in [-0.25, -0.2) is 14.8 Å². The number of nitrogens with two attached hydrogens (primary N) is 1. The Hall–Kier alpha value is -4.69. The number of aromatic nitrogens is 3. The molecule has 0 radical (unpaired) electrons. The van der Waals surface area contributed by atoms with Gasteiger partial charge in [-0.05, 0) is 68.0 Å². The van der Waals surface area contributed by atoms with E-state index in [1.165, 1.54) is 5.57 Å². The molecule has 0 saturated heterocycles. The number of hydrogen-bond acceptors (Lipinski definition) is 5. The Morgan fingerprint density at radius 2 is 1.90 bits per heavy atom. The molecule has 8 heteroatoms. The molecule has 5 N–H and O–H groups in total. The smallest absolute Gasteiger partial charge is 0.323 e. The van der Waals surface area contributed by atoms with Gasteiger partial charge >= 0.3 is 6.03 Å². The molecule has 0 spiro atoms. The van der Waals surface area contributed by atoms with Crippen LogP contribution >= 0.6 is 0 Å². The number of nitrogen functional groups attached to an aromatic ring is 1. The summed E-state index contributed by atoms with van der Waals surface area (Å²) in [5.74, 6) is 1.39. The Morgan fingerprint density at radius 3 is 2.63 bits per heavy atom. The van der Waals surface area contributed by atoms with Crippen molar-refractivity contribution in [2.75, 3.05) is 23.4 Å². The Morgan fingerprint density at radius 1 is 1.07 bits per heavy atom. The molecule has 2 heterocycles. The molecule has 0 saturated carbocycles. The van der Waals surface area contributed by atoms with Crippen molar-refractivity contribution < 1.29 is 4.79 Å². The minimum Gasteiger partial charge on any atom is -0.382 e. The van der Waals surface area contributed by atoms with Gasteiger partial charge < -0.3 is 21.7 Å². The minimum absolute atomic E-state index is 0.298. The lowest BCUT2D eigenvalue weighted by Gasteiger charge is -2.22. The van der Waals surface area contributed by atoms with Crippen LogP contribution in [0.5, 0.6) is 0 Å². The molecule has 5 aromatic rings. The second-order valence-corrected chi connectivity index (χ2v) is 10.6. The Bertz CT molecular complexity index is 1800. The average molecular weight is 546 g/mol. The first-order chi connectivity index (χ1) is 20.0. The first kappa shape index (κ1) is 26.5. The zero-order valence-corrected chi connectivity index (χ0v) is 23.7. The molecule has 3 aromatic carbocycles. The van der Waals surface area contributed by atoms with Gasteiger partial charge in [0.25, 0.3) is 0 Å². The number of urea groups is 1. The van der Waals surface area contributed by atoms with Crippen LogP contribution in [0.2, 0.25) is 0 Å². The number of anilines is 3. The standard InChI is InChI=1S/C33H35N7O/c1-4-29-39-30(31-32(34)36-19-28(40(29)31)21-12-14-22(35-3)15-13-21)26-16-17-27(25-11-6-5-10-24(25)26)38-33(41)37-23-9-7-8-20(2)18-23/h5-12,16-19,22,35H,4,13-15H2,1-3H3,(H2,34,36)(H2,37,38,41). The number of hydrogen-bond donors (Lipinski definition) is 4. The second kappa shape index (κ2) is 11.1. The zero-order chi connectivity index (χ0) is 28.5. The fourth-order valence-corrected chi connectivity index (χ4v) is 5.81. The molecule has 1 unspecified atom stereocenters. The summed E-state index contributed by atoms with van der Waals surface area (Å²) in [4.78, 5) is 22.7. The van der Waals surface area contributed by atoms with Gasteiger partial charge in [0.2, 0.25) is 0 Å². The molecule has 2 amide bonds. The van der Waals surface area contributed by atoms with Crippen LogP contribution in [0.1, 0.15) is 43.3 Å². The first-order valence-electron chi connectivity index (χ1n) is 14.2. The lowest BCUT2D eigenvalue weighted by molar-refractivity contribution is 0.262. The molecule has 8 nitrogen and oxygen atoms in total. The predicted molar refractivity (Wildman–Crippen MR) is 168 cm³/mol.